The van der Waals surface area contributed by atoms with Crippen molar-refractivity contribution in [2.75, 3.05) is 19.0 Å². The van der Waals surface area contributed by atoms with E-state index in [1.165, 1.54) is 0 Å². The zero-order valence-electron chi connectivity index (χ0n) is 9.14. The van der Waals surface area contributed by atoms with Crippen molar-refractivity contribution >= 4 is 5.82 Å². The number of nitrogens with zero attached hydrogens (tertiary/aromatic N) is 2. The van der Waals surface area contributed by atoms with Gasteiger partial charge in [-0.25, -0.2) is 10.8 Å². The number of hydrazine groups is 1. The molecule has 1 aromatic rings. The maximum absolute atomic E-state index is 9.23. The summed E-state index contributed by atoms with van der Waals surface area (Å²) in [7, 11) is 1.94. The number of aliphatic hydroxyl groups excluding tert-OH is 1. The van der Waals surface area contributed by atoms with Crippen molar-refractivity contribution in [1.29, 1.82) is 0 Å². The third-order valence-corrected chi connectivity index (χ3v) is 2.04. The number of anilines is 1. The number of rotatable bonds is 5. The van der Waals surface area contributed by atoms with Crippen molar-refractivity contribution in [3.8, 4) is 0 Å². The van der Waals surface area contributed by atoms with Crippen LogP contribution in [0.4, 0.5) is 5.82 Å². The van der Waals surface area contributed by atoms with Gasteiger partial charge < -0.3 is 10.5 Å². The molecule has 1 rings (SSSR count). The number of nitrogens with one attached hydrogen (secondary N) is 1. The molecule has 0 aliphatic heterocycles. The zero-order chi connectivity index (χ0) is 11.3. The molecule has 1 atom stereocenters. The molecule has 0 saturated carbocycles. The molecule has 0 bridgehead atoms. The molecule has 0 saturated heterocycles. The van der Waals surface area contributed by atoms with E-state index in [2.05, 4.69) is 10.4 Å². The van der Waals surface area contributed by atoms with Gasteiger partial charge in [0.05, 0.1) is 6.10 Å². The minimum absolute atomic E-state index is 0.332. The van der Waals surface area contributed by atoms with Gasteiger partial charge in [-0.3, -0.25) is 4.90 Å². The third-order valence-electron chi connectivity index (χ3n) is 2.04. The van der Waals surface area contributed by atoms with Crippen molar-refractivity contribution in [1.82, 2.24) is 9.88 Å². The Hall–Kier alpha value is -1.17. The topological polar surface area (TPSA) is 74.4 Å². The molecule has 0 aromatic carbocycles. The molecule has 1 heterocycles. The van der Waals surface area contributed by atoms with E-state index in [4.69, 9.17) is 5.84 Å². The maximum Gasteiger partial charge on any atom is 0.144 e. The van der Waals surface area contributed by atoms with Gasteiger partial charge in [-0.1, -0.05) is 6.07 Å². The van der Waals surface area contributed by atoms with Crippen LogP contribution in [0, 0.1) is 0 Å². The van der Waals surface area contributed by atoms with Gasteiger partial charge in [-0.15, -0.1) is 0 Å². The van der Waals surface area contributed by atoms with E-state index >= 15 is 0 Å². The first-order valence-electron chi connectivity index (χ1n) is 4.90. The summed E-state index contributed by atoms with van der Waals surface area (Å²) in [6, 6.07) is 3.83. The summed E-state index contributed by atoms with van der Waals surface area (Å²) < 4.78 is 0. The highest BCUT2D eigenvalue weighted by Crippen LogP contribution is 2.11. The Bertz CT molecular complexity index is 303. The average Bonchev–Trinajstić information content (AvgIpc) is 2.17. The maximum atomic E-state index is 9.23. The molecule has 0 radical (unpaired) electrons. The Balaban J connectivity index is 2.63. The summed E-state index contributed by atoms with van der Waals surface area (Å²) in [5.41, 5.74) is 3.57. The smallest absolute Gasteiger partial charge is 0.144 e. The van der Waals surface area contributed by atoms with E-state index in [9.17, 15) is 5.11 Å². The van der Waals surface area contributed by atoms with Crippen LogP contribution in [-0.2, 0) is 6.54 Å². The molecular formula is C10H18N4O. The third kappa shape index (κ3) is 3.83. The number of hydrogen-bond donors (Lipinski definition) is 3. The Morgan fingerprint density at radius 1 is 1.67 bits per heavy atom. The van der Waals surface area contributed by atoms with Gasteiger partial charge in [0.25, 0.3) is 0 Å². The van der Waals surface area contributed by atoms with Gasteiger partial charge in [-0.2, -0.15) is 0 Å². The summed E-state index contributed by atoms with van der Waals surface area (Å²) >= 11 is 0. The summed E-state index contributed by atoms with van der Waals surface area (Å²) in [4.78, 5) is 6.12. The molecule has 1 aromatic heterocycles. The van der Waals surface area contributed by atoms with Crippen LogP contribution in [0.15, 0.2) is 18.3 Å². The average molecular weight is 210 g/mol. The fourth-order valence-corrected chi connectivity index (χ4v) is 1.50. The Morgan fingerprint density at radius 2 is 2.40 bits per heavy atom. The number of likely N-dealkylation sites (N-methyl/N-ethyl adjacent to an activating group) is 1. The number of nitrogens with two attached hydrogens (primary N) is 1. The van der Waals surface area contributed by atoms with E-state index in [0.29, 0.717) is 18.9 Å². The second-order valence-corrected chi connectivity index (χ2v) is 3.70. The Labute approximate surface area is 89.9 Å². The van der Waals surface area contributed by atoms with E-state index in [0.717, 1.165) is 5.56 Å². The van der Waals surface area contributed by atoms with Crippen LogP contribution in [-0.4, -0.2) is 34.7 Å². The van der Waals surface area contributed by atoms with Crippen molar-refractivity contribution in [2.45, 2.75) is 19.6 Å². The van der Waals surface area contributed by atoms with Gasteiger partial charge in [0.15, 0.2) is 0 Å². The highest BCUT2D eigenvalue weighted by molar-refractivity contribution is 5.42. The summed E-state index contributed by atoms with van der Waals surface area (Å²) in [6.45, 7) is 3.10. The molecule has 0 aliphatic rings. The summed E-state index contributed by atoms with van der Waals surface area (Å²) in [5, 5.41) is 9.23. The zero-order valence-corrected chi connectivity index (χ0v) is 9.14. The number of aromatic nitrogens is 1. The van der Waals surface area contributed by atoms with Crippen molar-refractivity contribution < 1.29 is 5.11 Å². The normalized spacial score (nSPS) is 12.9. The second-order valence-electron chi connectivity index (χ2n) is 3.70. The van der Waals surface area contributed by atoms with Crippen molar-refractivity contribution in [2.24, 2.45) is 5.84 Å². The lowest BCUT2D eigenvalue weighted by Gasteiger charge is -2.19. The molecule has 0 amide bonds. The Morgan fingerprint density at radius 3 is 3.00 bits per heavy atom. The van der Waals surface area contributed by atoms with Crippen LogP contribution in [0.1, 0.15) is 12.5 Å². The molecule has 0 spiro atoms. The number of aliphatic hydroxyl groups is 1. The number of pyridine rings is 1. The fourth-order valence-electron chi connectivity index (χ4n) is 1.50. The van der Waals surface area contributed by atoms with Crippen LogP contribution in [0.3, 0.4) is 0 Å². The first-order valence-corrected chi connectivity index (χ1v) is 4.90. The lowest BCUT2D eigenvalue weighted by molar-refractivity contribution is 0.138. The van der Waals surface area contributed by atoms with E-state index in [1.54, 1.807) is 13.1 Å². The van der Waals surface area contributed by atoms with Gasteiger partial charge >= 0.3 is 0 Å². The molecule has 15 heavy (non-hydrogen) atoms. The minimum Gasteiger partial charge on any atom is -0.392 e. The molecule has 5 nitrogen and oxygen atoms in total. The molecule has 1 unspecified atom stereocenters. The van der Waals surface area contributed by atoms with Gasteiger partial charge in [-0.05, 0) is 20.0 Å². The van der Waals surface area contributed by atoms with E-state index in [1.807, 2.05) is 24.1 Å². The van der Waals surface area contributed by atoms with Crippen LogP contribution < -0.4 is 11.3 Å². The van der Waals surface area contributed by atoms with Crippen LogP contribution >= 0.6 is 0 Å². The molecule has 0 fully saturated rings. The van der Waals surface area contributed by atoms with E-state index < -0.39 is 0 Å². The van der Waals surface area contributed by atoms with Crippen LogP contribution in [0.5, 0.6) is 0 Å². The van der Waals surface area contributed by atoms with Crippen LogP contribution in [0.25, 0.3) is 0 Å². The quantitative estimate of drug-likeness (QED) is 0.477. The molecule has 5 heteroatoms. The largest absolute Gasteiger partial charge is 0.392 e. The van der Waals surface area contributed by atoms with Gasteiger partial charge in [0.2, 0.25) is 0 Å². The number of nitrogen functional groups attached to an aromatic ring is 1. The minimum atomic E-state index is -0.332. The summed E-state index contributed by atoms with van der Waals surface area (Å²) in [5.74, 6) is 6.02. The molecule has 0 aliphatic carbocycles. The predicted molar refractivity (Wildman–Crippen MR) is 60.1 cm³/mol. The molecule has 84 valence electrons. The standard InChI is InChI=1S/C10H18N4O/c1-8(15)6-14(2)7-9-4-3-5-12-10(9)13-11/h3-5,8,15H,6-7,11H2,1-2H3,(H,12,13). The predicted octanol–water partition coefficient (Wildman–Crippen LogP) is 0.180. The Kier molecular flexibility index (Phi) is 4.48. The first kappa shape index (κ1) is 11.9. The van der Waals surface area contributed by atoms with Crippen molar-refractivity contribution in [3.63, 3.8) is 0 Å². The first-order chi connectivity index (χ1) is 7.13. The van der Waals surface area contributed by atoms with Gasteiger partial charge in [0, 0.05) is 24.8 Å². The SMILES string of the molecule is CC(O)CN(C)Cc1cccnc1NN. The summed E-state index contributed by atoms with van der Waals surface area (Å²) in [6.07, 6.45) is 1.36. The second kappa shape index (κ2) is 5.65. The van der Waals surface area contributed by atoms with Crippen LogP contribution in [0.2, 0.25) is 0 Å². The number of hydrogen-bond acceptors (Lipinski definition) is 5. The molecule has 4 N–H and O–H groups in total. The lowest BCUT2D eigenvalue weighted by atomic mass is 10.2. The van der Waals surface area contributed by atoms with Crippen molar-refractivity contribution in [3.05, 3.63) is 23.9 Å². The van der Waals surface area contributed by atoms with Gasteiger partial charge in [0.1, 0.15) is 5.82 Å². The lowest BCUT2D eigenvalue weighted by Crippen LogP contribution is -2.27. The monoisotopic (exact) mass is 210 g/mol. The van der Waals surface area contributed by atoms with E-state index in [-0.39, 0.29) is 6.10 Å². The fraction of sp³-hybridized carbons (Fsp3) is 0.500. The highest BCUT2D eigenvalue weighted by Gasteiger charge is 2.07. The molecular weight excluding hydrogens is 192 g/mol. The highest BCUT2D eigenvalue weighted by atomic mass is 16.3.